The van der Waals surface area contributed by atoms with Crippen LogP contribution in [0.25, 0.3) is 46.2 Å². The summed E-state index contributed by atoms with van der Waals surface area (Å²) in [5, 5.41) is 12.4. The summed E-state index contributed by atoms with van der Waals surface area (Å²) in [7, 11) is 5.18. The van der Waals surface area contributed by atoms with Crippen LogP contribution < -0.4 is 20.5 Å². The van der Waals surface area contributed by atoms with Crippen molar-refractivity contribution in [1.29, 1.82) is 0 Å². The van der Waals surface area contributed by atoms with Crippen molar-refractivity contribution in [3.8, 4) is 11.5 Å². The monoisotopic (exact) mass is 672 g/mol. The lowest BCUT2D eigenvalue weighted by atomic mass is 10.1. The van der Waals surface area contributed by atoms with Crippen molar-refractivity contribution < 1.29 is 41.4 Å². The molecular weight excluding hydrogens is 637 g/mol. The van der Waals surface area contributed by atoms with Crippen molar-refractivity contribution >= 4 is 63.6 Å². The van der Waals surface area contributed by atoms with E-state index in [-0.39, 0.29) is 0 Å². The average molecular weight is 673 g/mol. The lowest BCUT2D eigenvalue weighted by molar-refractivity contribution is -0.192. The van der Waals surface area contributed by atoms with Crippen molar-refractivity contribution in [2.45, 2.75) is 13.1 Å². The topological polar surface area (TPSA) is 120 Å². The number of alkyl halides is 3. The lowest BCUT2D eigenvalue weighted by Crippen LogP contribution is -2.21. The van der Waals surface area contributed by atoms with Crippen LogP contribution in [0.5, 0.6) is 11.5 Å². The van der Waals surface area contributed by atoms with Gasteiger partial charge >= 0.3 is 12.1 Å². The second kappa shape index (κ2) is 16.1. The zero-order chi connectivity index (χ0) is 35.6. The molecule has 0 fully saturated rings. The molecule has 4 N–H and O–H groups in total. The number of nitrogen functional groups attached to an aromatic ring is 1. The number of rotatable bonds is 7. The number of hydrogen-bond donors (Lipinski definition) is 3. The van der Waals surface area contributed by atoms with Gasteiger partial charge in [0.1, 0.15) is 34.2 Å². The van der Waals surface area contributed by atoms with Gasteiger partial charge in [0.15, 0.2) is 0 Å². The molecule has 0 bridgehead atoms. The van der Waals surface area contributed by atoms with Crippen molar-refractivity contribution in [2.24, 2.45) is 0 Å². The maximum atomic E-state index is 10.6. The van der Waals surface area contributed by atoms with Crippen LogP contribution in [0.1, 0.15) is 28.2 Å². The van der Waals surface area contributed by atoms with Crippen LogP contribution in [0.3, 0.4) is 0 Å². The first-order valence-corrected chi connectivity index (χ1v) is 14.8. The molecule has 6 aromatic rings. The van der Waals surface area contributed by atoms with E-state index in [1.807, 2.05) is 104 Å². The molecule has 0 spiro atoms. The summed E-state index contributed by atoms with van der Waals surface area (Å²) in [6, 6.07) is 29.8. The minimum atomic E-state index is -5.08. The first kappa shape index (κ1) is 35.7. The maximum absolute atomic E-state index is 10.6. The number of nitrogens with two attached hydrogens (primary N) is 1. The van der Waals surface area contributed by atoms with E-state index >= 15 is 0 Å². The van der Waals surface area contributed by atoms with Crippen LogP contribution in [-0.4, -0.2) is 38.5 Å². The first-order chi connectivity index (χ1) is 23.4. The molecule has 0 unspecified atom stereocenters. The van der Waals surface area contributed by atoms with Crippen LogP contribution in [0.2, 0.25) is 0 Å². The van der Waals surface area contributed by atoms with E-state index in [1.165, 1.54) is 5.56 Å². The molecule has 254 valence electrons. The Morgan fingerprint density at radius 1 is 0.755 bits per heavy atom. The SMILES string of the molecule is CNc1ccc(C=Cc2cc3ccc(OC)cc3o2)cc1OC.Cc1ccc2cc(C=Cc3ccc(N)cc3)oc2c1.O=C(O)C(F)(F)F. The molecule has 0 aliphatic rings. The number of ether oxygens (including phenoxy) is 2. The molecule has 0 radical (unpaired) electrons. The number of fused-ring (bicyclic) bond motifs is 2. The van der Waals surface area contributed by atoms with Crippen LogP contribution >= 0.6 is 0 Å². The van der Waals surface area contributed by atoms with E-state index in [2.05, 4.69) is 30.4 Å². The lowest BCUT2D eigenvalue weighted by Gasteiger charge is -2.08. The summed E-state index contributed by atoms with van der Waals surface area (Å²) < 4.78 is 53.9. The largest absolute Gasteiger partial charge is 0.497 e. The number of carbonyl (C=O) groups is 1. The summed E-state index contributed by atoms with van der Waals surface area (Å²) in [6.45, 7) is 2.06. The molecule has 2 aromatic heterocycles. The van der Waals surface area contributed by atoms with E-state index in [4.69, 9.17) is 33.9 Å². The third-order valence-electron chi connectivity index (χ3n) is 6.99. The molecule has 6 rings (SSSR count). The number of aliphatic carboxylic acids is 1. The molecule has 0 aliphatic heterocycles. The van der Waals surface area contributed by atoms with Gasteiger partial charge in [-0.15, -0.1) is 0 Å². The Morgan fingerprint density at radius 3 is 1.86 bits per heavy atom. The highest BCUT2D eigenvalue weighted by atomic mass is 19.4. The highest BCUT2D eigenvalue weighted by Crippen LogP contribution is 2.28. The minimum Gasteiger partial charge on any atom is -0.497 e. The molecule has 2 heterocycles. The predicted octanol–water partition coefficient (Wildman–Crippen LogP) is 9.79. The van der Waals surface area contributed by atoms with Crippen molar-refractivity contribution in [1.82, 2.24) is 0 Å². The van der Waals surface area contributed by atoms with Gasteiger partial charge in [-0.3, -0.25) is 0 Å². The Labute approximate surface area is 280 Å². The second-order valence-corrected chi connectivity index (χ2v) is 10.6. The Hall–Kier alpha value is -6.10. The van der Waals surface area contributed by atoms with E-state index < -0.39 is 12.1 Å². The minimum absolute atomic E-state index is 0.774. The van der Waals surface area contributed by atoms with E-state index in [0.29, 0.717) is 0 Å². The zero-order valence-electron chi connectivity index (χ0n) is 27.2. The molecule has 11 heteroatoms. The highest BCUT2D eigenvalue weighted by Gasteiger charge is 2.38. The fourth-order valence-electron chi connectivity index (χ4n) is 4.46. The predicted molar refractivity (Wildman–Crippen MR) is 189 cm³/mol. The number of benzene rings is 4. The van der Waals surface area contributed by atoms with Gasteiger partial charge in [0.25, 0.3) is 0 Å². The van der Waals surface area contributed by atoms with Crippen molar-refractivity contribution in [2.75, 3.05) is 32.3 Å². The first-order valence-electron chi connectivity index (χ1n) is 14.8. The van der Waals surface area contributed by atoms with Gasteiger partial charge in [-0.2, -0.15) is 13.2 Å². The molecule has 8 nitrogen and oxygen atoms in total. The summed E-state index contributed by atoms with van der Waals surface area (Å²) in [5.41, 5.74) is 12.5. The summed E-state index contributed by atoms with van der Waals surface area (Å²) >= 11 is 0. The highest BCUT2D eigenvalue weighted by molar-refractivity contribution is 5.84. The fraction of sp³-hybridized carbons (Fsp3) is 0.132. The molecule has 0 aliphatic carbocycles. The van der Waals surface area contributed by atoms with Crippen molar-refractivity contribution in [3.63, 3.8) is 0 Å². The maximum Gasteiger partial charge on any atom is 0.490 e. The van der Waals surface area contributed by atoms with Gasteiger partial charge in [-0.1, -0.05) is 42.5 Å². The number of halogens is 3. The second-order valence-electron chi connectivity index (χ2n) is 10.6. The normalized spacial score (nSPS) is 11.2. The van der Waals surface area contributed by atoms with Gasteiger partial charge in [0, 0.05) is 29.6 Å². The number of carboxylic acid groups (broad SMARTS) is 1. The van der Waals surface area contributed by atoms with E-state index in [1.54, 1.807) is 14.2 Å². The number of methoxy groups -OCH3 is 2. The number of nitrogens with one attached hydrogen (secondary N) is 1. The molecular formula is C38H35F3N2O6. The Morgan fingerprint density at radius 2 is 1.31 bits per heavy atom. The Kier molecular flexibility index (Phi) is 11.8. The summed E-state index contributed by atoms with van der Waals surface area (Å²) in [4.78, 5) is 8.90. The van der Waals surface area contributed by atoms with Gasteiger partial charge < -0.3 is 34.5 Å². The quantitative estimate of drug-likeness (QED) is 0.143. The number of furan rings is 2. The third kappa shape index (κ3) is 10.2. The van der Waals surface area contributed by atoms with Crippen LogP contribution in [0.15, 0.2) is 99.8 Å². The summed E-state index contributed by atoms with van der Waals surface area (Å²) in [6.07, 6.45) is 2.85. The van der Waals surface area contributed by atoms with Gasteiger partial charge in [0.2, 0.25) is 0 Å². The van der Waals surface area contributed by atoms with Gasteiger partial charge in [0.05, 0.1) is 19.9 Å². The molecule has 49 heavy (non-hydrogen) atoms. The Bertz CT molecular complexity index is 2080. The third-order valence-corrected chi connectivity index (χ3v) is 6.99. The number of hydrogen-bond acceptors (Lipinski definition) is 7. The number of aryl methyl sites for hydroxylation is 1. The number of anilines is 2. The Balaban J connectivity index is 0.000000188. The summed E-state index contributed by atoms with van der Waals surface area (Å²) in [5.74, 6) is 0.494. The van der Waals surface area contributed by atoms with Crippen molar-refractivity contribution in [3.05, 3.63) is 119 Å². The molecule has 0 saturated carbocycles. The van der Waals surface area contributed by atoms with Gasteiger partial charge in [-0.05, 0) is 90.4 Å². The molecule has 0 saturated heterocycles. The van der Waals surface area contributed by atoms with E-state index in [9.17, 15) is 13.2 Å². The smallest absolute Gasteiger partial charge is 0.490 e. The number of carboxylic acids is 1. The fourth-order valence-corrected chi connectivity index (χ4v) is 4.46. The van der Waals surface area contributed by atoms with E-state index in [0.717, 1.165) is 67.5 Å². The van der Waals surface area contributed by atoms with Crippen LogP contribution in [-0.2, 0) is 4.79 Å². The van der Waals surface area contributed by atoms with Gasteiger partial charge in [-0.25, -0.2) is 4.79 Å². The van der Waals surface area contributed by atoms with Crippen LogP contribution in [0.4, 0.5) is 24.5 Å². The molecule has 0 atom stereocenters. The average Bonchev–Trinajstić information content (AvgIpc) is 3.69. The molecule has 0 amide bonds. The molecule has 4 aromatic carbocycles. The van der Waals surface area contributed by atoms with Crippen LogP contribution in [0, 0.1) is 6.92 Å². The standard InChI is InChI=1S/C19H19NO3.C17H15NO.C2HF3O2/c1-20-17-9-5-13(10-19(17)22-3)4-7-16-11-14-6-8-15(21-2)12-18(14)23-16;1-12-2-6-14-11-16(19-17(14)10-12)9-5-13-3-7-15(18)8-4-13;3-2(4,5)1(6)7/h4-12,20H,1-3H3;2-11H,18H2,1H3;(H,6,7). The zero-order valence-corrected chi connectivity index (χ0v) is 27.2.